The lowest BCUT2D eigenvalue weighted by Gasteiger charge is -2.09. The first kappa shape index (κ1) is 11.5. The van der Waals surface area contributed by atoms with Crippen LogP contribution in [-0.2, 0) is 11.0 Å². The fourth-order valence-electron chi connectivity index (χ4n) is 1.14. The Morgan fingerprint density at radius 1 is 1.67 bits per heavy atom. The molecule has 0 bridgehead atoms. The van der Waals surface area contributed by atoms with E-state index in [0.29, 0.717) is 0 Å². The molecule has 1 atom stereocenters. The molecule has 0 saturated carbocycles. The van der Waals surface area contributed by atoms with Crippen LogP contribution >= 0.6 is 0 Å². The lowest BCUT2D eigenvalue weighted by atomic mass is 10.2. The quantitative estimate of drug-likeness (QED) is 0.850. The third-order valence-corrected chi connectivity index (χ3v) is 1.89. The monoisotopic (exact) mass is 222 g/mol. The lowest BCUT2D eigenvalue weighted by molar-refractivity contribution is -0.144. The van der Waals surface area contributed by atoms with Crippen LogP contribution in [0.3, 0.4) is 0 Å². The normalized spacial score (nSPS) is 13.9. The Morgan fingerprint density at radius 2 is 2.27 bits per heavy atom. The number of halogens is 3. The summed E-state index contributed by atoms with van der Waals surface area (Å²) in [5.41, 5.74) is -1.08. The minimum atomic E-state index is -4.54. The minimum Gasteiger partial charge on any atom is -0.480 e. The fraction of sp³-hybridized carbons (Fsp3) is 0.500. The number of nitrogens with zero attached hydrogens (tertiary/aromatic N) is 2. The van der Waals surface area contributed by atoms with Crippen LogP contribution in [0, 0.1) is 0 Å². The van der Waals surface area contributed by atoms with Crippen LogP contribution in [0.4, 0.5) is 13.2 Å². The van der Waals surface area contributed by atoms with E-state index in [2.05, 4.69) is 5.10 Å². The smallest absolute Gasteiger partial charge is 0.435 e. The van der Waals surface area contributed by atoms with E-state index in [1.807, 2.05) is 0 Å². The molecule has 1 heterocycles. The molecule has 1 rings (SSSR count). The molecule has 15 heavy (non-hydrogen) atoms. The molecule has 7 heteroatoms. The third-order valence-electron chi connectivity index (χ3n) is 1.89. The van der Waals surface area contributed by atoms with Gasteiger partial charge < -0.3 is 5.11 Å². The Balaban J connectivity index is 2.97. The molecule has 0 aromatic carbocycles. The van der Waals surface area contributed by atoms with Gasteiger partial charge in [-0.1, -0.05) is 6.92 Å². The molecule has 0 saturated heterocycles. The highest BCUT2D eigenvalue weighted by Crippen LogP contribution is 2.28. The molecule has 4 nitrogen and oxygen atoms in total. The second-order valence-electron chi connectivity index (χ2n) is 2.94. The Hall–Kier alpha value is -1.53. The van der Waals surface area contributed by atoms with E-state index in [4.69, 9.17) is 5.11 Å². The summed E-state index contributed by atoms with van der Waals surface area (Å²) >= 11 is 0. The molecule has 1 aromatic rings. The number of aliphatic carboxylic acids is 1. The summed E-state index contributed by atoms with van der Waals surface area (Å²) in [6.45, 7) is 1.56. The van der Waals surface area contributed by atoms with Crippen LogP contribution in [0.25, 0.3) is 0 Å². The van der Waals surface area contributed by atoms with E-state index in [1.165, 1.54) is 0 Å². The van der Waals surface area contributed by atoms with Crippen molar-refractivity contribution in [3.63, 3.8) is 0 Å². The van der Waals surface area contributed by atoms with Gasteiger partial charge in [0.25, 0.3) is 0 Å². The molecule has 0 aliphatic heterocycles. The standard InChI is InChI=1S/C8H9F3N2O2/c1-2-5(7(14)15)13-4-3-6(12-13)8(9,10)11/h3-5H,2H2,1H3,(H,14,15). The van der Waals surface area contributed by atoms with Crippen molar-refractivity contribution in [1.82, 2.24) is 9.78 Å². The first-order chi connectivity index (χ1) is 6.86. The lowest BCUT2D eigenvalue weighted by Crippen LogP contribution is -2.19. The van der Waals surface area contributed by atoms with E-state index < -0.39 is 23.9 Å². The molecule has 0 fully saturated rings. The topological polar surface area (TPSA) is 55.1 Å². The summed E-state index contributed by atoms with van der Waals surface area (Å²) in [7, 11) is 0. The van der Waals surface area contributed by atoms with Gasteiger partial charge in [0, 0.05) is 6.20 Å². The van der Waals surface area contributed by atoms with Crippen molar-refractivity contribution >= 4 is 5.97 Å². The fourth-order valence-corrected chi connectivity index (χ4v) is 1.14. The molecular formula is C8H9F3N2O2. The zero-order chi connectivity index (χ0) is 11.6. The molecule has 0 aliphatic carbocycles. The number of hydrogen-bond acceptors (Lipinski definition) is 2. The summed E-state index contributed by atoms with van der Waals surface area (Å²) in [6.07, 6.45) is -3.35. The second kappa shape index (κ2) is 3.92. The van der Waals surface area contributed by atoms with Gasteiger partial charge in [0.1, 0.15) is 6.04 Å². The number of aromatic nitrogens is 2. The van der Waals surface area contributed by atoms with Crippen molar-refractivity contribution < 1.29 is 23.1 Å². The molecule has 0 aliphatic rings. The molecule has 0 radical (unpaired) electrons. The van der Waals surface area contributed by atoms with Crippen LogP contribution in [0.5, 0.6) is 0 Å². The van der Waals surface area contributed by atoms with Gasteiger partial charge in [-0.15, -0.1) is 0 Å². The summed E-state index contributed by atoms with van der Waals surface area (Å²) in [5.74, 6) is -1.20. The van der Waals surface area contributed by atoms with Gasteiger partial charge in [-0.3, -0.25) is 4.68 Å². The van der Waals surface area contributed by atoms with Crippen LogP contribution in [0.1, 0.15) is 25.1 Å². The number of carboxylic acid groups (broad SMARTS) is 1. The highest BCUT2D eigenvalue weighted by Gasteiger charge is 2.34. The second-order valence-corrected chi connectivity index (χ2v) is 2.94. The maximum atomic E-state index is 12.1. The van der Waals surface area contributed by atoms with Gasteiger partial charge >= 0.3 is 12.1 Å². The molecule has 1 aromatic heterocycles. The predicted molar refractivity (Wildman–Crippen MR) is 44.2 cm³/mol. The van der Waals surface area contributed by atoms with Gasteiger partial charge in [-0.05, 0) is 12.5 Å². The average molecular weight is 222 g/mol. The molecule has 0 amide bonds. The highest BCUT2D eigenvalue weighted by molar-refractivity contribution is 5.71. The van der Waals surface area contributed by atoms with Crippen molar-refractivity contribution in [3.8, 4) is 0 Å². The van der Waals surface area contributed by atoms with Gasteiger partial charge in [0.2, 0.25) is 0 Å². The van der Waals surface area contributed by atoms with E-state index in [-0.39, 0.29) is 6.42 Å². The maximum absolute atomic E-state index is 12.1. The Morgan fingerprint density at radius 3 is 2.60 bits per heavy atom. The number of alkyl halides is 3. The zero-order valence-corrected chi connectivity index (χ0v) is 7.82. The average Bonchev–Trinajstić information content (AvgIpc) is 2.52. The van der Waals surface area contributed by atoms with Crippen LogP contribution < -0.4 is 0 Å². The number of carbonyl (C=O) groups is 1. The van der Waals surface area contributed by atoms with Crippen LogP contribution in [0.2, 0.25) is 0 Å². The van der Waals surface area contributed by atoms with Gasteiger partial charge in [0.15, 0.2) is 5.69 Å². The summed E-state index contributed by atoms with van der Waals surface area (Å²) in [5, 5.41) is 11.9. The maximum Gasteiger partial charge on any atom is 0.435 e. The van der Waals surface area contributed by atoms with Gasteiger partial charge in [-0.25, -0.2) is 4.79 Å². The molecule has 0 spiro atoms. The van der Waals surface area contributed by atoms with E-state index in [0.717, 1.165) is 16.9 Å². The SMILES string of the molecule is CCC(C(=O)O)n1ccc(C(F)(F)F)n1. The molecule has 1 unspecified atom stereocenters. The third kappa shape index (κ3) is 2.48. The number of carboxylic acids is 1. The van der Waals surface area contributed by atoms with E-state index >= 15 is 0 Å². The Kier molecular flexibility index (Phi) is 3.01. The van der Waals surface area contributed by atoms with Crippen LogP contribution in [-0.4, -0.2) is 20.9 Å². The molecule has 1 N–H and O–H groups in total. The van der Waals surface area contributed by atoms with Crippen molar-refractivity contribution in [1.29, 1.82) is 0 Å². The molecule has 84 valence electrons. The van der Waals surface area contributed by atoms with E-state index in [1.54, 1.807) is 6.92 Å². The summed E-state index contributed by atoms with van der Waals surface area (Å²) < 4.78 is 37.2. The highest BCUT2D eigenvalue weighted by atomic mass is 19.4. The number of hydrogen-bond donors (Lipinski definition) is 1. The van der Waals surface area contributed by atoms with Gasteiger partial charge in [0.05, 0.1) is 0 Å². The summed E-state index contributed by atoms with van der Waals surface area (Å²) in [4.78, 5) is 10.6. The Labute approximate surface area is 83.3 Å². The predicted octanol–water partition coefficient (Wildman–Crippen LogP) is 1.94. The van der Waals surface area contributed by atoms with Crippen molar-refractivity contribution in [2.45, 2.75) is 25.6 Å². The first-order valence-corrected chi connectivity index (χ1v) is 4.21. The summed E-state index contributed by atoms with van der Waals surface area (Å²) in [6, 6.07) is -0.299. The van der Waals surface area contributed by atoms with Gasteiger partial charge in [-0.2, -0.15) is 18.3 Å². The molecular weight excluding hydrogens is 213 g/mol. The zero-order valence-electron chi connectivity index (χ0n) is 7.82. The number of rotatable bonds is 3. The van der Waals surface area contributed by atoms with E-state index in [9.17, 15) is 18.0 Å². The Bertz CT molecular complexity index is 359. The van der Waals surface area contributed by atoms with Crippen molar-refractivity contribution in [3.05, 3.63) is 18.0 Å². The first-order valence-electron chi connectivity index (χ1n) is 4.21. The minimum absolute atomic E-state index is 0.175. The van der Waals surface area contributed by atoms with Crippen molar-refractivity contribution in [2.24, 2.45) is 0 Å². The largest absolute Gasteiger partial charge is 0.480 e. The van der Waals surface area contributed by atoms with Crippen molar-refractivity contribution in [2.75, 3.05) is 0 Å². The van der Waals surface area contributed by atoms with Crippen LogP contribution in [0.15, 0.2) is 12.3 Å².